The van der Waals surface area contributed by atoms with Gasteiger partial charge in [-0.3, -0.25) is 14.4 Å². The van der Waals surface area contributed by atoms with E-state index in [4.69, 9.17) is 23.7 Å². The molecule has 3 N–H and O–H groups in total. The lowest BCUT2D eigenvalue weighted by molar-refractivity contribution is -0.301. The summed E-state index contributed by atoms with van der Waals surface area (Å²) >= 11 is 0. The SMILES string of the molecule is CC/C=C\C/C=C\C/C=C\C/C=C\CCCCCCC(=O)OCC(COC1OC(C(=O)O)C(O)C(O)C1OC(=O)CCCCCCCCC/C=C\CCCCCCCC)OC(=O)CC/C=C\C/C=C\C/C=C\C/C=C\CC. The Kier molecular flexibility index (Phi) is 47.6. The molecule has 1 aliphatic heterocycles. The largest absolute Gasteiger partial charge is 0.479 e. The van der Waals surface area contributed by atoms with E-state index in [9.17, 15) is 34.5 Å². The quantitative estimate of drug-likeness (QED) is 0.0228. The highest BCUT2D eigenvalue weighted by Gasteiger charge is 2.50. The van der Waals surface area contributed by atoms with Crippen LogP contribution >= 0.6 is 0 Å². The first-order valence-electron chi connectivity index (χ1n) is 29.9. The molecular formula is C65H104O12. The third-order valence-electron chi connectivity index (χ3n) is 12.8. The lowest BCUT2D eigenvalue weighted by Gasteiger charge is -2.40. The molecule has 0 radical (unpaired) electrons. The number of rotatable bonds is 49. The van der Waals surface area contributed by atoms with Crippen molar-refractivity contribution in [2.45, 2.75) is 263 Å². The minimum Gasteiger partial charge on any atom is -0.479 e. The van der Waals surface area contributed by atoms with E-state index in [1.165, 1.54) is 51.4 Å². The zero-order chi connectivity index (χ0) is 56.1. The van der Waals surface area contributed by atoms with E-state index in [-0.39, 0.29) is 25.9 Å². The van der Waals surface area contributed by atoms with Gasteiger partial charge < -0.3 is 39.0 Å². The molecule has 0 aromatic carbocycles. The molecule has 6 atom stereocenters. The summed E-state index contributed by atoms with van der Waals surface area (Å²) in [5, 5.41) is 31.5. The number of hydrogen-bond donors (Lipinski definition) is 3. The Labute approximate surface area is 465 Å². The molecule has 0 amide bonds. The summed E-state index contributed by atoms with van der Waals surface area (Å²) in [5.41, 5.74) is 0. The molecule has 6 unspecified atom stereocenters. The Bertz CT molecular complexity index is 1750. The van der Waals surface area contributed by atoms with Crippen LogP contribution in [0.4, 0.5) is 0 Å². The third kappa shape index (κ3) is 42.1. The molecule has 1 saturated heterocycles. The summed E-state index contributed by atoms with van der Waals surface area (Å²) in [6.45, 7) is 5.67. The van der Waals surface area contributed by atoms with Crippen molar-refractivity contribution >= 4 is 23.9 Å². The van der Waals surface area contributed by atoms with Crippen LogP contribution in [0.5, 0.6) is 0 Å². The maximum atomic E-state index is 13.1. The van der Waals surface area contributed by atoms with Crippen LogP contribution in [0.3, 0.4) is 0 Å². The van der Waals surface area contributed by atoms with Gasteiger partial charge in [-0.25, -0.2) is 4.79 Å². The summed E-state index contributed by atoms with van der Waals surface area (Å²) in [4.78, 5) is 51.1. The number of carbonyl (C=O) groups is 4. The van der Waals surface area contributed by atoms with Gasteiger partial charge in [0, 0.05) is 19.3 Å². The van der Waals surface area contributed by atoms with E-state index < -0.39 is 67.3 Å². The smallest absolute Gasteiger partial charge is 0.335 e. The first-order chi connectivity index (χ1) is 37.6. The van der Waals surface area contributed by atoms with Crippen molar-refractivity contribution in [3.63, 3.8) is 0 Å². The van der Waals surface area contributed by atoms with E-state index in [0.29, 0.717) is 25.7 Å². The van der Waals surface area contributed by atoms with Crippen LogP contribution in [0.1, 0.15) is 226 Å². The van der Waals surface area contributed by atoms with E-state index in [0.717, 1.165) is 109 Å². The molecule has 0 spiro atoms. The number of aliphatic hydroxyl groups excluding tert-OH is 2. The first-order valence-corrected chi connectivity index (χ1v) is 29.9. The summed E-state index contributed by atoms with van der Waals surface area (Å²) in [6.07, 6.45) is 57.9. The van der Waals surface area contributed by atoms with Gasteiger partial charge in [0.15, 0.2) is 24.6 Å². The predicted octanol–water partition coefficient (Wildman–Crippen LogP) is 15.4. The molecular weight excluding hydrogens is 973 g/mol. The lowest BCUT2D eigenvalue weighted by Crippen LogP contribution is -2.61. The van der Waals surface area contributed by atoms with Crippen LogP contribution in [-0.4, -0.2) is 89.2 Å². The van der Waals surface area contributed by atoms with Crippen LogP contribution in [-0.2, 0) is 42.9 Å². The number of carboxylic acid groups (broad SMARTS) is 1. The molecule has 0 aliphatic carbocycles. The summed E-state index contributed by atoms with van der Waals surface area (Å²) in [7, 11) is 0. The zero-order valence-electron chi connectivity index (χ0n) is 47.9. The molecule has 0 saturated carbocycles. The fourth-order valence-corrected chi connectivity index (χ4v) is 8.31. The Morgan fingerprint density at radius 1 is 0.442 bits per heavy atom. The molecule has 0 aromatic heterocycles. The Morgan fingerprint density at radius 3 is 1.31 bits per heavy atom. The van der Waals surface area contributed by atoms with Gasteiger partial charge in [0.25, 0.3) is 0 Å². The van der Waals surface area contributed by atoms with E-state index in [1.807, 2.05) is 12.2 Å². The van der Waals surface area contributed by atoms with Gasteiger partial charge in [0.05, 0.1) is 6.61 Å². The fourth-order valence-electron chi connectivity index (χ4n) is 8.31. The predicted molar refractivity (Wildman–Crippen MR) is 312 cm³/mol. The second-order valence-corrected chi connectivity index (χ2v) is 19.9. The second-order valence-electron chi connectivity index (χ2n) is 19.9. The van der Waals surface area contributed by atoms with Gasteiger partial charge in [-0.1, -0.05) is 207 Å². The topological polar surface area (TPSA) is 175 Å². The number of unbranched alkanes of at least 4 members (excludes halogenated alkanes) is 17. The maximum Gasteiger partial charge on any atom is 0.335 e. The van der Waals surface area contributed by atoms with E-state index in [2.05, 4.69) is 118 Å². The molecule has 12 heteroatoms. The number of ether oxygens (including phenoxy) is 5. The molecule has 77 heavy (non-hydrogen) atoms. The minimum absolute atomic E-state index is 0.0305. The number of aliphatic hydroxyl groups is 2. The number of esters is 3. The van der Waals surface area contributed by atoms with Crippen molar-refractivity contribution in [2.75, 3.05) is 13.2 Å². The Morgan fingerprint density at radius 2 is 0.844 bits per heavy atom. The average Bonchev–Trinajstić information content (AvgIpc) is 3.42. The fraction of sp³-hybridized carbons (Fsp3) is 0.662. The molecule has 436 valence electrons. The summed E-state index contributed by atoms with van der Waals surface area (Å²) in [5.74, 6) is -3.28. The summed E-state index contributed by atoms with van der Waals surface area (Å²) < 4.78 is 28.3. The van der Waals surface area contributed by atoms with Crippen molar-refractivity contribution in [3.05, 3.63) is 109 Å². The van der Waals surface area contributed by atoms with Gasteiger partial charge in [0.2, 0.25) is 0 Å². The first kappa shape index (κ1) is 70.4. The number of hydrogen-bond acceptors (Lipinski definition) is 11. The Balaban J connectivity index is 2.73. The van der Waals surface area contributed by atoms with Gasteiger partial charge in [-0.15, -0.1) is 0 Å². The van der Waals surface area contributed by atoms with Gasteiger partial charge in [0.1, 0.15) is 18.8 Å². The summed E-state index contributed by atoms with van der Waals surface area (Å²) in [6, 6.07) is 0. The van der Waals surface area contributed by atoms with Crippen molar-refractivity contribution < 1.29 is 58.2 Å². The highest BCUT2D eigenvalue weighted by atomic mass is 16.7. The third-order valence-corrected chi connectivity index (χ3v) is 12.8. The molecule has 1 rings (SSSR count). The lowest BCUT2D eigenvalue weighted by atomic mass is 9.98. The van der Waals surface area contributed by atoms with E-state index >= 15 is 0 Å². The number of aliphatic carboxylic acids is 1. The molecule has 1 aliphatic rings. The minimum atomic E-state index is -1.92. The van der Waals surface area contributed by atoms with Crippen LogP contribution < -0.4 is 0 Å². The van der Waals surface area contributed by atoms with Crippen molar-refractivity contribution in [1.82, 2.24) is 0 Å². The van der Waals surface area contributed by atoms with Crippen molar-refractivity contribution in [1.29, 1.82) is 0 Å². The second kappa shape index (κ2) is 52.1. The number of carbonyl (C=O) groups excluding carboxylic acids is 3. The maximum absolute atomic E-state index is 13.1. The normalized spacial score (nSPS) is 18.8. The van der Waals surface area contributed by atoms with Crippen LogP contribution in [0.15, 0.2) is 109 Å². The molecule has 0 bridgehead atoms. The standard InChI is InChI=1S/C65H104O12/c1-4-7-10-13-16-19-22-25-27-29-31-34-36-39-42-45-48-51-57(66)73-54-56(75-58(67)52-49-46-43-40-37-33-24-21-18-15-12-9-6-3)55-74-65-63(61(70)60(69)62(77-65)64(71)72)76-59(68)53-50-47-44-41-38-35-32-30-28-26-23-20-17-14-11-8-5-2/h7,9-10,12,16,18-19,21,25-28,31,33-34,37,43,46,56,60-63,65,69-70H,4-6,8,11,13-15,17,20,22-24,29-30,32,35-36,38-42,44-45,47-55H2,1-3H3,(H,71,72)/b10-7-,12-9-,19-16-,21-18-,27-25-,28-26-,34-31-,37-33-,46-43-. The molecule has 1 heterocycles. The van der Waals surface area contributed by atoms with Crippen LogP contribution in [0, 0.1) is 0 Å². The average molecular weight is 1080 g/mol. The van der Waals surface area contributed by atoms with E-state index in [1.54, 1.807) is 0 Å². The highest BCUT2D eigenvalue weighted by molar-refractivity contribution is 5.74. The highest BCUT2D eigenvalue weighted by Crippen LogP contribution is 2.26. The zero-order valence-corrected chi connectivity index (χ0v) is 47.9. The Hall–Kier alpha value is -4.62. The van der Waals surface area contributed by atoms with Gasteiger partial charge in [-0.05, 0) is 109 Å². The monoisotopic (exact) mass is 1080 g/mol. The molecule has 1 fully saturated rings. The van der Waals surface area contributed by atoms with Crippen LogP contribution in [0.25, 0.3) is 0 Å². The molecule has 0 aromatic rings. The molecule has 12 nitrogen and oxygen atoms in total. The van der Waals surface area contributed by atoms with Crippen molar-refractivity contribution in [2.24, 2.45) is 0 Å². The van der Waals surface area contributed by atoms with Crippen molar-refractivity contribution in [3.8, 4) is 0 Å². The van der Waals surface area contributed by atoms with Crippen LogP contribution in [0.2, 0.25) is 0 Å². The van der Waals surface area contributed by atoms with Gasteiger partial charge in [-0.2, -0.15) is 0 Å². The number of allylic oxidation sites excluding steroid dienone is 18. The van der Waals surface area contributed by atoms with Gasteiger partial charge >= 0.3 is 23.9 Å². The number of carboxylic acids is 1.